The van der Waals surface area contributed by atoms with Crippen molar-refractivity contribution >= 4 is 7.54 Å². The molecule has 0 saturated carbocycles. The Bertz CT molecular complexity index is 427. The van der Waals surface area contributed by atoms with E-state index in [4.69, 9.17) is 0 Å². The van der Waals surface area contributed by atoms with Crippen molar-refractivity contribution in [2.45, 2.75) is 41.5 Å². The molecule has 0 bridgehead atoms. The maximum absolute atomic E-state index is 9.67. The molecule has 0 unspecified atom stereocenters. The van der Waals surface area contributed by atoms with Crippen LogP contribution in [0.5, 0.6) is 0 Å². The molecular weight excluding hydrogens is 284 g/mol. The van der Waals surface area contributed by atoms with Gasteiger partial charge in [0.15, 0.2) is 0 Å². The molecule has 0 saturated heterocycles. The summed E-state index contributed by atoms with van der Waals surface area (Å²) in [4.78, 5) is 0. The lowest BCUT2D eigenvalue weighted by Gasteiger charge is -1.96. The molecule has 0 nitrogen and oxygen atoms in total. The number of benzene rings is 2. The molecule has 0 aliphatic carbocycles. The van der Waals surface area contributed by atoms with Crippen LogP contribution in [-0.4, -0.2) is 7.54 Å². The van der Waals surface area contributed by atoms with E-state index < -0.39 is 7.54 Å². The van der Waals surface area contributed by atoms with Crippen LogP contribution in [-0.2, 0) is 0 Å². The lowest BCUT2D eigenvalue weighted by atomic mass is 10.1. The topological polar surface area (TPSA) is 0 Å². The Morgan fingerprint density at radius 2 is 0.545 bits per heavy atom. The molecule has 2 rings (SSSR count). The third-order valence-electron chi connectivity index (χ3n) is 2.73. The third kappa shape index (κ3) is 11.0. The Morgan fingerprint density at radius 1 is 0.455 bits per heavy atom. The SMILES string of the molecule is Cc1cc(C)cc(C)c1.Cc1cc(C)cc(C)c1.FB(F)F. The molecule has 0 aromatic heterocycles. The molecule has 0 aliphatic heterocycles. The molecule has 120 valence electrons. The monoisotopic (exact) mass is 308 g/mol. The minimum atomic E-state index is -3.67. The van der Waals surface area contributed by atoms with Crippen LogP contribution < -0.4 is 0 Å². The van der Waals surface area contributed by atoms with Crippen LogP contribution in [0.1, 0.15) is 33.4 Å². The Morgan fingerprint density at radius 3 is 0.636 bits per heavy atom. The highest BCUT2D eigenvalue weighted by Crippen LogP contribution is 2.07. The van der Waals surface area contributed by atoms with Crippen molar-refractivity contribution in [1.29, 1.82) is 0 Å². The first-order chi connectivity index (χ1) is 10.1. The van der Waals surface area contributed by atoms with E-state index in [1.807, 2.05) is 0 Å². The Balaban J connectivity index is 0.000000326. The van der Waals surface area contributed by atoms with Gasteiger partial charge < -0.3 is 0 Å². The smallest absolute Gasteiger partial charge is 0.254 e. The molecule has 0 spiro atoms. The second kappa shape index (κ2) is 10.1. The van der Waals surface area contributed by atoms with Gasteiger partial charge in [0.25, 0.3) is 0 Å². The summed E-state index contributed by atoms with van der Waals surface area (Å²) in [5.41, 5.74) is 8.13. The minimum Gasteiger partial charge on any atom is -0.254 e. The average Bonchev–Trinajstić information content (AvgIpc) is 2.23. The average molecular weight is 308 g/mol. The predicted octanol–water partition coefficient (Wildman–Crippen LogP) is 6.10. The van der Waals surface area contributed by atoms with Crippen molar-refractivity contribution in [3.05, 3.63) is 69.8 Å². The van der Waals surface area contributed by atoms with Crippen molar-refractivity contribution in [1.82, 2.24) is 0 Å². The van der Waals surface area contributed by atoms with Crippen molar-refractivity contribution in [3.63, 3.8) is 0 Å². The van der Waals surface area contributed by atoms with Crippen LogP contribution in [0.25, 0.3) is 0 Å². The van der Waals surface area contributed by atoms with E-state index in [1.54, 1.807) is 0 Å². The second-order valence-electron chi connectivity index (χ2n) is 5.58. The van der Waals surface area contributed by atoms with Gasteiger partial charge in [-0.05, 0) is 41.5 Å². The first-order valence-electron chi connectivity index (χ1n) is 7.12. The van der Waals surface area contributed by atoms with Gasteiger partial charge in [-0.3, -0.25) is 12.9 Å². The summed E-state index contributed by atoms with van der Waals surface area (Å²) in [5.74, 6) is 0. The minimum absolute atomic E-state index is 1.35. The number of hydrogen-bond donors (Lipinski definition) is 0. The molecular formula is C18H24BF3. The number of halogens is 3. The summed E-state index contributed by atoms with van der Waals surface area (Å²) in [6.45, 7) is 12.8. The molecule has 0 aliphatic rings. The third-order valence-corrected chi connectivity index (χ3v) is 2.73. The van der Waals surface area contributed by atoms with Crippen LogP contribution >= 0.6 is 0 Å². The standard InChI is InChI=1S/2C9H12.BF3/c2*1-7-4-8(2)6-9(3)5-7;2-1(3)4/h2*4-6H,1-3H3;. The number of hydrogen-bond acceptors (Lipinski definition) is 0. The van der Waals surface area contributed by atoms with Gasteiger partial charge in [-0.1, -0.05) is 69.8 Å². The first-order valence-corrected chi connectivity index (χ1v) is 7.12. The molecule has 2 aromatic carbocycles. The highest BCUT2D eigenvalue weighted by atomic mass is 19.4. The zero-order valence-electron chi connectivity index (χ0n) is 14.2. The summed E-state index contributed by atoms with van der Waals surface area (Å²) in [6.07, 6.45) is 0. The Hall–Kier alpha value is -1.71. The molecule has 0 atom stereocenters. The maximum atomic E-state index is 9.67. The normalized spacial score (nSPS) is 9.14. The quantitative estimate of drug-likeness (QED) is 0.516. The number of rotatable bonds is 0. The lowest BCUT2D eigenvalue weighted by molar-refractivity contribution is 0.535. The van der Waals surface area contributed by atoms with Crippen molar-refractivity contribution in [3.8, 4) is 0 Å². The van der Waals surface area contributed by atoms with Crippen LogP contribution in [0, 0.1) is 41.5 Å². The lowest BCUT2D eigenvalue weighted by Crippen LogP contribution is -1.78. The van der Waals surface area contributed by atoms with Crippen LogP contribution in [0.2, 0.25) is 0 Å². The highest BCUT2D eigenvalue weighted by Gasteiger charge is 2.06. The van der Waals surface area contributed by atoms with E-state index in [2.05, 4.69) is 77.9 Å². The molecule has 0 fully saturated rings. The van der Waals surface area contributed by atoms with E-state index in [-0.39, 0.29) is 0 Å². The molecule has 0 radical (unpaired) electrons. The second-order valence-corrected chi connectivity index (χ2v) is 5.58. The molecule has 4 heteroatoms. The van der Waals surface area contributed by atoms with E-state index >= 15 is 0 Å². The zero-order valence-corrected chi connectivity index (χ0v) is 14.2. The summed E-state index contributed by atoms with van der Waals surface area (Å²) in [6, 6.07) is 13.1. The highest BCUT2D eigenvalue weighted by molar-refractivity contribution is 6.33. The Kier molecular flexibility index (Phi) is 9.31. The van der Waals surface area contributed by atoms with Gasteiger partial charge in [0, 0.05) is 0 Å². The van der Waals surface area contributed by atoms with Gasteiger partial charge in [-0.2, -0.15) is 0 Å². The maximum Gasteiger partial charge on any atom is 0.762 e. The summed E-state index contributed by atoms with van der Waals surface area (Å²) in [7, 11) is -3.67. The zero-order chi connectivity index (χ0) is 17.3. The van der Waals surface area contributed by atoms with Crippen LogP contribution in [0.15, 0.2) is 36.4 Å². The van der Waals surface area contributed by atoms with Crippen LogP contribution in [0.3, 0.4) is 0 Å². The van der Waals surface area contributed by atoms with E-state index in [9.17, 15) is 12.9 Å². The van der Waals surface area contributed by atoms with Gasteiger partial charge in [0.2, 0.25) is 0 Å². The molecule has 0 amide bonds. The van der Waals surface area contributed by atoms with Gasteiger partial charge >= 0.3 is 7.54 Å². The predicted molar refractivity (Wildman–Crippen MR) is 90.4 cm³/mol. The summed E-state index contributed by atoms with van der Waals surface area (Å²) in [5, 5.41) is 0. The van der Waals surface area contributed by atoms with Gasteiger partial charge in [-0.15, -0.1) is 0 Å². The van der Waals surface area contributed by atoms with Crippen LogP contribution in [0.4, 0.5) is 12.9 Å². The molecule has 22 heavy (non-hydrogen) atoms. The number of aryl methyl sites for hydroxylation is 6. The summed E-state index contributed by atoms with van der Waals surface area (Å²) < 4.78 is 29.0. The largest absolute Gasteiger partial charge is 0.762 e. The van der Waals surface area contributed by atoms with E-state index in [0.717, 1.165) is 0 Å². The first kappa shape index (κ1) is 20.3. The van der Waals surface area contributed by atoms with Gasteiger partial charge in [-0.25, -0.2) is 0 Å². The van der Waals surface area contributed by atoms with Gasteiger partial charge in [0.1, 0.15) is 0 Å². The fourth-order valence-electron chi connectivity index (χ4n) is 2.40. The molecule has 0 N–H and O–H groups in total. The molecule has 2 aromatic rings. The molecule has 0 heterocycles. The van der Waals surface area contributed by atoms with Crippen molar-refractivity contribution < 1.29 is 12.9 Å². The van der Waals surface area contributed by atoms with Crippen molar-refractivity contribution in [2.75, 3.05) is 0 Å². The van der Waals surface area contributed by atoms with Gasteiger partial charge in [0.05, 0.1) is 0 Å². The van der Waals surface area contributed by atoms with Crippen molar-refractivity contribution in [2.24, 2.45) is 0 Å². The fraction of sp³-hybridized carbons (Fsp3) is 0.333. The fourth-order valence-corrected chi connectivity index (χ4v) is 2.40. The van der Waals surface area contributed by atoms with E-state index in [0.29, 0.717) is 0 Å². The Labute approximate surface area is 132 Å². The van der Waals surface area contributed by atoms with E-state index in [1.165, 1.54) is 33.4 Å². The summed E-state index contributed by atoms with van der Waals surface area (Å²) >= 11 is 0.